The molecule has 27 heavy (non-hydrogen) atoms. The highest BCUT2D eigenvalue weighted by atomic mass is 35.5. The van der Waals surface area contributed by atoms with Gasteiger partial charge in [0, 0.05) is 31.6 Å². The molecule has 0 radical (unpaired) electrons. The van der Waals surface area contributed by atoms with Crippen LogP contribution in [0.5, 0.6) is 0 Å². The van der Waals surface area contributed by atoms with Crippen LogP contribution in [0.25, 0.3) is 0 Å². The van der Waals surface area contributed by atoms with Crippen molar-refractivity contribution < 1.29 is 9.32 Å². The van der Waals surface area contributed by atoms with Crippen molar-refractivity contribution >= 4 is 30.7 Å². The molecule has 2 N–H and O–H groups in total. The van der Waals surface area contributed by atoms with Crippen LogP contribution in [0.3, 0.4) is 0 Å². The van der Waals surface area contributed by atoms with Crippen molar-refractivity contribution in [2.75, 3.05) is 26.7 Å². The summed E-state index contributed by atoms with van der Waals surface area (Å²) in [5.41, 5.74) is 5.53. The zero-order chi connectivity index (χ0) is 18.6. The van der Waals surface area contributed by atoms with Crippen LogP contribution in [-0.2, 0) is 11.3 Å². The third-order valence-corrected chi connectivity index (χ3v) is 5.64. The molecule has 7 nitrogen and oxygen atoms in total. The van der Waals surface area contributed by atoms with Gasteiger partial charge in [-0.1, -0.05) is 32.9 Å². The minimum absolute atomic E-state index is 0. The number of nitrogens with zero attached hydrogens (tertiary/aromatic N) is 4. The van der Waals surface area contributed by atoms with Gasteiger partial charge in [-0.15, -0.1) is 24.8 Å². The SMILES string of the molecule is CCC(CC)(CN)C(=O)N1CCC(N(C)Cc2noc(C(C)C)n2)C1.Cl.Cl. The molecule has 158 valence electrons. The van der Waals surface area contributed by atoms with Crippen LogP contribution < -0.4 is 5.73 Å². The fraction of sp³-hybridized carbons (Fsp3) is 0.833. The molecule has 1 aliphatic rings. The average molecular weight is 424 g/mol. The van der Waals surface area contributed by atoms with Crippen LogP contribution in [0.2, 0.25) is 0 Å². The summed E-state index contributed by atoms with van der Waals surface area (Å²) in [7, 11) is 2.06. The van der Waals surface area contributed by atoms with E-state index in [9.17, 15) is 4.79 Å². The van der Waals surface area contributed by atoms with Crippen LogP contribution in [-0.4, -0.2) is 58.6 Å². The molecule has 0 spiro atoms. The van der Waals surface area contributed by atoms with E-state index < -0.39 is 5.41 Å². The van der Waals surface area contributed by atoms with Gasteiger partial charge in [0.15, 0.2) is 5.82 Å². The maximum Gasteiger partial charge on any atom is 0.230 e. The molecular weight excluding hydrogens is 389 g/mol. The first-order valence-corrected chi connectivity index (χ1v) is 9.39. The fourth-order valence-corrected chi connectivity index (χ4v) is 3.47. The normalized spacial score (nSPS) is 17.2. The van der Waals surface area contributed by atoms with E-state index in [0.717, 1.165) is 32.4 Å². The molecule has 2 heterocycles. The molecule has 1 atom stereocenters. The first-order chi connectivity index (χ1) is 11.9. The highest BCUT2D eigenvalue weighted by molar-refractivity contribution is 5.85. The Hall–Kier alpha value is -0.890. The van der Waals surface area contributed by atoms with E-state index in [-0.39, 0.29) is 36.6 Å². The Bertz CT molecular complexity index is 570. The second-order valence-electron chi connectivity index (χ2n) is 7.50. The van der Waals surface area contributed by atoms with Gasteiger partial charge in [-0.05, 0) is 26.3 Å². The Kier molecular flexibility index (Phi) is 10.8. The lowest BCUT2D eigenvalue weighted by atomic mass is 9.81. The van der Waals surface area contributed by atoms with Gasteiger partial charge < -0.3 is 15.2 Å². The van der Waals surface area contributed by atoms with Crippen LogP contribution in [0.1, 0.15) is 64.6 Å². The van der Waals surface area contributed by atoms with Gasteiger partial charge in [0.05, 0.1) is 12.0 Å². The Morgan fingerprint density at radius 3 is 2.48 bits per heavy atom. The molecule has 1 unspecified atom stereocenters. The minimum Gasteiger partial charge on any atom is -0.341 e. The van der Waals surface area contributed by atoms with Gasteiger partial charge in [0.25, 0.3) is 0 Å². The summed E-state index contributed by atoms with van der Waals surface area (Å²) >= 11 is 0. The number of hydrogen-bond donors (Lipinski definition) is 1. The standard InChI is InChI=1S/C18H33N5O2.2ClH/c1-6-18(7-2,12-19)17(24)23-9-8-14(10-23)22(5)11-15-20-16(13(3)4)25-21-15;;/h13-14H,6-12,19H2,1-5H3;2*1H. The Morgan fingerprint density at radius 1 is 1.37 bits per heavy atom. The summed E-state index contributed by atoms with van der Waals surface area (Å²) in [6, 6.07) is 0.314. The summed E-state index contributed by atoms with van der Waals surface area (Å²) in [6.07, 6.45) is 2.54. The molecule has 0 saturated carbocycles. The maximum atomic E-state index is 13.0. The summed E-state index contributed by atoms with van der Waals surface area (Å²) in [6.45, 7) is 10.8. The summed E-state index contributed by atoms with van der Waals surface area (Å²) in [5, 5.41) is 4.06. The van der Waals surface area contributed by atoms with E-state index in [2.05, 4.69) is 35.9 Å². The summed E-state index contributed by atoms with van der Waals surface area (Å²) in [4.78, 5) is 21.6. The molecule has 0 bridgehead atoms. The Labute approximate surface area is 175 Å². The van der Waals surface area contributed by atoms with E-state index in [1.54, 1.807) is 0 Å². The molecule has 1 aromatic rings. The number of carbonyl (C=O) groups excluding carboxylic acids is 1. The average Bonchev–Trinajstić information content (AvgIpc) is 3.26. The quantitative estimate of drug-likeness (QED) is 0.691. The summed E-state index contributed by atoms with van der Waals surface area (Å²) in [5.74, 6) is 1.82. The van der Waals surface area contributed by atoms with Gasteiger partial charge in [0.2, 0.25) is 11.8 Å². The van der Waals surface area contributed by atoms with E-state index in [0.29, 0.717) is 30.8 Å². The van der Waals surface area contributed by atoms with E-state index >= 15 is 0 Å². The topological polar surface area (TPSA) is 88.5 Å². The molecular formula is C18H35Cl2N5O2. The molecule has 1 saturated heterocycles. The monoisotopic (exact) mass is 423 g/mol. The second-order valence-corrected chi connectivity index (χ2v) is 7.50. The number of likely N-dealkylation sites (tertiary alicyclic amines) is 1. The number of hydrogen-bond acceptors (Lipinski definition) is 6. The van der Waals surface area contributed by atoms with Crippen molar-refractivity contribution in [2.24, 2.45) is 11.1 Å². The minimum atomic E-state index is -0.409. The number of likely N-dealkylation sites (N-methyl/N-ethyl adjacent to an activating group) is 1. The Balaban J connectivity index is 0.00000338. The molecule has 9 heteroatoms. The molecule has 1 aromatic heterocycles. The lowest BCUT2D eigenvalue weighted by Gasteiger charge is -2.33. The first kappa shape index (κ1) is 26.1. The third kappa shape index (κ3) is 5.79. The van der Waals surface area contributed by atoms with Crippen molar-refractivity contribution in [2.45, 2.75) is 65.5 Å². The predicted molar refractivity (Wildman–Crippen MR) is 111 cm³/mol. The van der Waals surface area contributed by atoms with E-state index in [1.165, 1.54) is 0 Å². The molecule has 0 aromatic carbocycles. The largest absolute Gasteiger partial charge is 0.341 e. The fourth-order valence-electron chi connectivity index (χ4n) is 3.47. The number of rotatable bonds is 8. The van der Waals surface area contributed by atoms with Gasteiger partial charge in [-0.2, -0.15) is 4.98 Å². The molecule has 1 aliphatic heterocycles. The van der Waals surface area contributed by atoms with Crippen LogP contribution in [0.15, 0.2) is 4.52 Å². The number of amides is 1. The smallest absolute Gasteiger partial charge is 0.230 e. The van der Waals surface area contributed by atoms with Crippen molar-refractivity contribution in [3.05, 3.63) is 11.7 Å². The lowest BCUT2D eigenvalue weighted by molar-refractivity contribution is -0.141. The zero-order valence-electron chi connectivity index (χ0n) is 17.1. The van der Waals surface area contributed by atoms with Crippen molar-refractivity contribution in [1.29, 1.82) is 0 Å². The highest BCUT2D eigenvalue weighted by Gasteiger charge is 2.40. The molecule has 2 rings (SSSR count). The van der Waals surface area contributed by atoms with Crippen molar-refractivity contribution in [1.82, 2.24) is 19.9 Å². The van der Waals surface area contributed by atoms with Crippen LogP contribution in [0.4, 0.5) is 0 Å². The third-order valence-electron chi connectivity index (χ3n) is 5.64. The zero-order valence-corrected chi connectivity index (χ0v) is 18.7. The lowest BCUT2D eigenvalue weighted by Crippen LogP contribution is -2.47. The van der Waals surface area contributed by atoms with Crippen LogP contribution in [0, 0.1) is 5.41 Å². The second kappa shape index (κ2) is 11.2. The highest BCUT2D eigenvalue weighted by Crippen LogP contribution is 2.30. The van der Waals surface area contributed by atoms with E-state index in [4.69, 9.17) is 10.3 Å². The van der Waals surface area contributed by atoms with Crippen molar-refractivity contribution in [3.8, 4) is 0 Å². The summed E-state index contributed by atoms with van der Waals surface area (Å²) < 4.78 is 5.27. The van der Waals surface area contributed by atoms with E-state index in [1.807, 2.05) is 18.7 Å². The maximum absolute atomic E-state index is 13.0. The first-order valence-electron chi connectivity index (χ1n) is 9.39. The van der Waals surface area contributed by atoms with Gasteiger partial charge in [-0.25, -0.2) is 0 Å². The van der Waals surface area contributed by atoms with Crippen molar-refractivity contribution in [3.63, 3.8) is 0 Å². The van der Waals surface area contributed by atoms with Gasteiger partial charge >= 0.3 is 0 Å². The van der Waals surface area contributed by atoms with Gasteiger partial charge in [-0.3, -0.25) is 9.69 Å². The number of carbonyl (C=O) groups is 1. The molecule has 1 fully saturated rings. The number of aromatic nitrogens is 2. The number of halogens is 2. The molecule has 0 aliphatic carbocycles. The van der Waals surface area contributed by atoms with Crippen LogP contribution >= 0.6 is 24.8 Å². The van der Waals surface area contributed by atoms with Gasteiger partial charge in [0.1, 0.15) is 0 Å². The Morgan fingerprint density at radius 2 is 2.00 bits per heavy atom. The number of nitrogens with two attached hydrogens (primary N) is 1. The predicted octanol–water partition coefficient (Wildman–Crippen LogP) is 2.83. The molecule has 1 amide bonds.